The van der Waals surface area contributed by atoms with Gasteiger partial charge in [0.25, 0.3) is 5.69 Å². The zero-order chi connectivity index (χ0) is 19.0. The number of para-hydroxylation sites is 1. The minimum Gasteiger partial charge on any atom is -0.457 e. The Hall–Kier alpha value is -3.48. The van der Waals surface area contributed by atoms with Crippen molar-refractivity contribution in [1.82, 2.24) is 0 Å². The lowest BCUT2D eigenvalue weighted by molar-refractivity contribution is -0.385. The molecule has 0 spiro atoms. The van der Waals surface area contributed by atoms with Crippen LogP contribution >= 0.6 is 0 Å². The van der Waals surface area contributed by atoms with Crippen molar-refractivity contribution in [3.05, 3.63) is 85.3 Å². The Kier molecular flexibility index (Phi) is 4.19. The van der Waals surface area contributed by atoms with Crippen LogP contribution in [0.15, 0.2) is 51.7 Å². The van der Waals surface area contributed by atoms with E-state index in [9.17, 15) is 19.7 Å². The summed E-state index contributed by atoms with van der Waals surface area (Å²) < 4.78 is 10.5. The number of nitrogens with zero attached hydrogens (tertiary/aromatic N) is 1. The number of benzene rings is 2. The SMILES string of the molecule is O=C(OCc1cc(=O)oc2cc3c(cc12)CCC3)c1ccccc1[N+](=O)[O-]. The fourth-order valence-electron chi connectivity index (χ4n) is 3.44. The molecule has 0 saturated carbocycles. The Morgan fingerprint density at radius 3 is 2.67 bits per heavy atom. The predicted molar refractivity (Wildman–Crippen MR) is 96.7 cm³/mol. The van der Waals surface area contributed by atoms with Crippen LogP contribution in [0.25, 0.3) is 11.0 Å². The number of rotatable bonds is 4. The van der Waals surface area contributed by atoms with Gasteiger partial charge in [-0.3, -0.25) is 10.1 Å². The average molecular weight is 365 g/mol. The van der Waals surface area contributed by atoms with E-state index in [0.29, 0.717) is 16.5 Å². The quantitative estimate of drug-likeness (QED) is 0.303. The molecule has 0 atom stereocenters. The molecule has 7 nitrogen and oxygen atoms in total. The first-order valence-corrected chi connectivity index (χ1v) is 8.52. The maximum Gasteiger partial charge on any atom is 0.345 e. The van der Waals surface area contributed by atoms with Crippen LogP contribution in [0.5, 0.6) is 0 Å². The topological polar surface area (TPSA) is 99.7 Å². The first kappa shape index (κ1) is 17.0. The summed E-state index contributed by atoms with van der Waals surface area (Å²) in [6, 6.07) is 10.7. The van der Waals surface area contributed by atoms with Gasteiger partial charge in [0.05, 0.1) is 4.92 Å². The molecule has 27 heavy (non-hydrogen) atoms. The van der Waals surface area contributed by atoms with Crippen molar-refractivity contribution >= 4 is 22.6 Å². The first-order chi connectivity index (χ1) is 13.0. The van der Waals surface area contributed by atoms with Crippen LogP contribution in [-0.4, -0.2) is 10.9 Å². The van der Waals surface area contributed by atoms with Crippen LogP contribution in [-0.2, 0) is 24.2 Å². The highest BCUT2D eigenvalue weighted by Gasteiger charge is 2.21. The minimum absolute atomic E-state index is 0.129. The fraction of sp³-hybridized carbons (Fsp3) is 0.200. The summed E-state index contributed by atoms with van der Waals surface area (Å²) in [6.45, 7) is -0.175. The number of nitro benzene ring substituents is 1. The molecule has 0 bridgehead atoms. The highest BCUT2D eigenvalue weighted by atomic mass is 16.6. The van der Waals surface area contributed by atoms with Crippen LogP contribution in [0.3, 0.4) is 0 Å². The van der Waals surface area contributed by atoms with Crippen molar-refractivity contribution in [3.8, 4) is 0 Å². The smallest absolute Gasteiger partial charge is 0.345 e. The highest BCUT2D eigenvalue weighted by Crippen LogP contribution is 2.29. The summed E-state index contributed by atoms with van der Waals surface area (Å²) in [6.07, 6.45) is 2.96. The fourth-order valence-corrected chi connectivity index (χ4v) is 3.44. The van der Waals surface area contributed by atoms with E-state index in [1.54, 1.807) is 0 Å². The van der Waals surface area contributed by atoms with E-state index < -0.39 is 16.5 Å². The molecule has 7 heteroatoms. The van der Waals surface area contributed by atoms with Crippen LogP contribution in [0.4, 0.5) is 5.69 Å². The molecule has 1 heterocycles. The predicted octanol–water partition coefficient (Wildman–Crippen LogP) is 3.55. The number of aryl methyl sites for hydroxylation is 2. The van der Waals surface area contributed by atoms with Gasteiger partial charge in [0, 0.05) is 23.1 Å². The lowest BCUT2D eigenvalue weighted by Gasteiger charge is -2.09. The molecule has 3 aromatic rings. The molecule has 136 valence electrons. The zero-order valence-corrected chi connectivity index (χ0v) is 14.3. The lowest BCUT2D eigenvalue weighted by Crippen LogP contribution is -2.10. The molecule has 2 aromatic carbocycles. The van der Waals surface area contributed by atoms with Gasteiger partial charge >= 0.3 is 11.6 Å². The third-order valence-corrected chi connectivity index (χ3v) is 4.72. The zero-order valence-electron chi connectivity index (χ0n) is 14.3. The summed E-state index contributed by atoms with van der Waals surface area (Å²) in [5.41, 5.74) is 2.36. The summed E-state index contributed by atoms with van der Waals surface area (Å²) >= 11 is 0. The number of hydrogen-bond donors (Lipinski definition) is 0. The largest absolute Gasteiger partial charge is 0.457 e. The molecule has 4 rings (SSSR count). The number of carbonyl (C=O) groups is 1. The summed E-state index contributed by atoms with van der Waals surface area (Å²) in [5, 5.41) is 11.8. The normalized spacial score (nSPS) is 12.7. The second-order valence-electron chi connectivity index (χ2n) is 6.41. The van der Waals surface area contributed by atoms with Gasteiger partial charge in [-0.15, -0.1) is 0 Å². The maximum atomic E-state index is 12.3. The van der Waals surface area contributed by atoms with Gasteiger partial charge in [0.2, 0.25) is 0 Å². The van der Waals surface area contributed by atoms with E-state index in [4.69, 9.17) is 9.15 Å². The number of hydrogen-bond acceptors (Lipinski definition) is 6. The number of nitro groups is 1. The Morgan fingerprint density at radius 1 is 1.15 bits per heavy atom. The molecular weight excluding hydrogens is 350 g/mol. The second kappa shape index (κ2) is 6.68. The molecule has 0 aliphatic heterocycles. The molecule has 0 N–H and O–H groups in total. The second-order valence-corrected chi connectivity index (χ2v) is 6.41. The summed E-state index contributed by atoms with van der Waals surface area (Å²) in [5.74, 6) is -0.815. The van der Waals surface area contributed by atoms with Gasteiger partial charge in [0.15, 0.2) is 0 Å². The summed E-state index contributed by atoms with van der Waals surface area (Å²) in [4.78, 5) is 34.6. The summed E-state index contributed by atoms with van der Waals surface area (Å²) in [7, 11) is 0. The highest BCUT2D eigenvalue weighted by molar-refractivity contribution is 5.94. The number of ether oxygens (including phenoxy) is 1. The van der Waals surface area contributed by atoms with Crippen LogP contribution in [0, 0.1) is 10.1 Å². The van der Waals surface area contributed by atoms with Gasteiger partial charge in [-0.05, 0) is 48.6 Å². The van der Waals surface area contributed by atoms with Crippen LogP contribution < -0.4 is 5.63 Å². The van der Waals surface area contributed by atoms with E-state index in [1.165, 1.54) is 41.5 Å². The molecule has 0 fully saturated rings. The van der Waals surface area contributed by atoms with Gasteiger partial charge in [-0.2, -0.15) is 0 Å². The van der Waals surface area contributed by atoms with Crippen molar-refractivity contribution in [3.63, 3.8) is 0 Å². The van der Waals surface area contributed by atoms with E-state index in [2.05, 4.69) is 0 Å². The third kappa shape index (κ3) is 3.19. The van der Waals surface area contributed by atoms with E-state index in [0.717, 1.165) is 19.3 Å². The van der Waals surface area contributed by atoms with Crippen LogP contribution in [0.1, 0.15) is 33.5 Å². The molecule has 1 aliphatic rings. The van der Waals surface area contributed by atoms with Gasteiger partial charge in [-0.25, -0.2) is 9.59 Å². The standard InChI is InChI=1S/C20H15NO6/c22-19-10-14(16-8-12-4-3-5-13(12)9-18(16)27-19)11-26-20(23)15-6-1-2-7-17(15)21(24)25/h1-2,6-10H,3-5,11H2. The molecule has 0 unspecified atom stereocenters. The Bertz CT molecular complexity index is 1130. The van der Waals surface area contributed by atoms with Crippen molar-refractivity contribution in [2.45, 2.75) is 25.9 Å². The van der Waals surface area contributed by atoms with Crippen LogP contribution in [0.2, 0.25) is 0 Å². The van der Waals surface area contributed by atoms with Crippen molar-refractivity contribution < 1.29 is 18.9 Å². The van der Waals surface area contributed by atoms with Crippen molar-refractivity contribution in [2.75, 3.05) is 0 Å². The minimum atomic E-state index is -0.815. The van der Waals surface area contributed by atoms with Gasteiger partial charge < -0.3 is 9.15 Å². The van der Waals surface area contributed by atoms with E-state index >= 15 is 0 Å². The number of fused-ring (bicyclic) bond motifs is 2. The molecular formula is C20H15NO6. The molecule has 0 radical (unpaired) electrons. The van der Waals surface area contributed by atoms with Gasteiger partial charge in [0.1, 0.15) is 17.8 Å². The monoisotopic (exact) mass is 365 g/mol. The third-order valence-electron chi connectivity index (χ3n) is 4.72. The van der Waals surface area contributed by atoms with Crippen molar-refractivity contribution in [1.29, 1.82) is 0 Å². The first-order valence-electron chi connectivity index (χ1n) is 8.52. The number of esters is 1. The average Bonchev–Trinajstić information content (AvgIpc) is 3.11. The van der Waals surface area contributed by atoms with E-state index in [1.807, 2.05) is 12.1 Å². The Morgan fingerprint density at radius 2 is 1.89 bits per heavy atom. The Labute approximate surface area is 153 Å². The molecule has 0 amide bonds. The number of carbonyl (C=O) groups excluding carboxylic acids is 1. The molecule has 1 aromatic heterocycles. The maximum absolute atomic E-state index is 12.3. The van der Waals surface area contributed by atoms with Gasteiger partial charge in [-0.1, -0.05) is 12.1 Å². The van der Waals surface area contributed by atoms with Crippen molar-refractivity contribution in [2.24, 2.45) is 0 Å². The Balaban J connectivity index is 1.65. The lowest BCUT2D eigenvalue weighted by atomic mass is 10.0. The molecule has 0 saturated heterocycles. The molecule has 1 aliphatic carbocycles. The van der Waals surface area contributed by atoms with E-state index in [-0.39, 0.29) is 17.9 Å².